The minimum absolute atomic E-state index is 0.0265. The smallest absolute Gasteiger partial charge is 0.238 e. The Morgan fingerprint density at radius 2 is 1.73 bits per heavy atom. The Balaban J connectivity index is 1.58. The summed E-state index contributed by atoms with van der Waals surface area (Å²) in [6, 6.07) is 4.10. The molecule has 1 unspecified atom stereocenters. The lowest BCUT2D eigenvalue weighted by Gasteiger charge is -2.23. The number of likely N-dealkylation sites (tertiary alicyclic amines) is 2. The molecule has 1 amide bonds. The second kappa shape index (κ2) is 8.60. The van der Waals surface area contributed by atoms with Crippen molar-refractivity contribution in [3.63, 3.8) is 0 Å². The van der Waals surface area contributed by atoms with Gasteiger partial charge in [0.25, 0.3) is 0 Å². The Kier molecular flexibility index (Phi) is 6.21. The van der Waals surface area contributed by atoms with Crippen molar-refractivity contribution in [1.29, 1.82) is 0 Å². The lowest BCUT2D eigenvalue weighted by atomic mass is 10.2. The first kappa shape index (κ1) is 18.8. The lowest BCUT2D eigenvalue weighted by molar-refractivity contribution is -0.117. The monoisotopic (exact) mass is 363 g/mol. The molecule has 144 valence electrons. The predicted octanol–water partition coefficient (Wildman–Crippen LogP) is 1.82. The lowest BCUT2D eigenvalue weighted by Crippen LogP contribution is -2.37. The van der Waals surface area contributed by atoms with Crippen LogP contribution in [0.3, 0.4) is 0 Å². The zero-order valence-electron chi connectivity index (χ0n) is 15.9. The number of rotatable bonds is 7. The molecule has 7 heteroatoms. The van der Waals surface area contributed by atoms with Crippen LogP contribution < -0.4 is 19.5 Å². The molecule has 0 radical (unpaired) electrons. The molecule has 1 aromatic rings. The average Bonchev–Trinajstić information content (AvgIpc) is 3.32. The van der Waals surface area contributed by atoms with Crippen LogP contribution in [0.15, 0.2) is 12.1 Å². The van der Waals surface area contributed by atoms with Crippen molar-refractivity contribution in [2.45, 2.75) is 25.3 Å². The minimum atomic E-state index is -0.0265. The van der Waals surface area contributed by atoms with Gasteiger partial charge < -0.3 is 19.5 Å². The van der Waals surface area contributed by atoms with E-state index in [1.54, 1.807) is 33.5 Å². The Morgan fingerprint density at radius 1 is 1.08 bits per heavy atom. The third-order valence-electron chi connectivity index (χ3n) is 5.22. The summed E-state index contributed by atoms with van der Waals surface area (Å²) in [5.74, 6) is 1.54. The average molecular weight is 363 g/mol. The Morgan fingerprint density at radius 3 is 2.31 bits per heavy atom. The molecule has 2 aliphatic rings. The molecule has 3 rings (SSSR count). The van der Waals surface area contributed by atoms with Crippen LogP contribution in [0.2, 0.25) is 0 Å². The van der Waals surface area contributed by atoms with Crippen molar-refractivity contribution >= 4 is 11.6 Å². The first-order valence-corrected chi connectivity index (χ1v) is 9.21. The topological polar surface area (TPSA) is 63.3 Å². The molecule has 0 spiro atoms. The molecule has 7 nitrogen and oxygen atoms in total. The summed E-state index contributed by atoms with van der Waals surface area (Å²) in [6.45, 7) is 4.76. The molecule has 0 aromatic heterocycles. The fraction of sp³-hybridized carbons (Fsp3) is 0.632. The van der Waals surface area contributed by atoms with Gasteiger partial charge in [-0.15, -0.1) is 0 Å². The van der Waals surface area contributed by atoms with E-state index in [2.05, 4.69) is 15.1 Å². The Bertz CT molecular complexity index is 606. The molecule has 1 aromatic carbocycles. The molecule has 2 heterocycles. The van der Waals surface area contributed by atoms with Crippen LogP contribution in [0.5, 0.6) is 17.2 Å². The Labute approximate surface area is 155 Å². The highest BCUT2D eigenvalue weighted by molar-refractivity contribution is 5.93. The molecule has 0 saturated carbocycles. The maximum Gasteiger partial charge on any atom is 0.238 e. The van der Waals surface area contributed by atoms with E-state index in [0.29, 0.717) is 35.5 Å². The normalized spacial score (nSPS) is 21.0. The highest BCUT2D eigenvalue weighted by Gasteiger charge is 2.30. The first-order chi connectivity index (χ1) is 12.6. The van der Waals surface area contributed by atoms with Crippen molar-refractivity contribution in [3.8, 4) is 17.2 Å². The summed E-state index contributed by atoms with van der Waals surface area (Å²) in [7, 11) is 4.68. The number of benzene rings is 1. The number of methoxy groups -OCH3 is 3. The number of nitrogens with one attached hydrogen (secondary N) is 1. The molecule has 1 atom stereocenters. The van der Waals surface area contributed by atoms with Crippen LogP contribution in [-0.4, -0.2) is 75.8 Å². The number of hydrogen-bond acceptors (Lipinski definition) is 6. The van der Waals surface area contributed by atoms with Crippen molar-refractivity contribution < 1.29 is 19.0 Å². The van der Waals surface area contributed by atoms with E-state index in [1.807, 2.05) is 0 Å². The van der Waals surface area contributed by atoms with Gasteiger partial charge in [-0.1, -0.05) is 0 Å². The third-order valence-corrected chi connectivity index (χ3v) is 5.22. The van der Waals surface area contributed by atoms with Crippen molar-refractivity contribution in [2.75, 3.05) is 59.4 Å². The molecule has 0 aliphatic carbocycles. The summed E-state index contributed by atoms with van der Waals surface area (Å²) >= 11 is 0. The van der Waals surface area contributed by atoms with E-state index in [1.165, 1.54) is 25.9 Å². The fourth-order valence-electron chi connectivity index (χ4n) is 3.92. The molecule has 0 bridgehead atoms. The van der Waals surface area contributed by atoms with Gasteiger partial charge in [-0.05, 0) is 32.4 Å². The van der Waals surface area contributed by atoms with E-state index in [9.17, 15) is 4.79 Å². The molecule has 2 aliphatic heterocycles. The quantitative estimate of drug-likeness (QED) is 0.797. The van der Waals surface area contributed by atoms with Crippen molar-refractivity contribution in [3.05, 3.63) is 12.1 Å². The SMILES string of the molecule is COc1cc(NC(=O)CN2CCC(N3CCCC3)C2)cc(OC)c1OC. The van der Waals surface area contributed by atoms with Crippen LogP contribution in [0.1, 0.15) is 19.3 Å². The van der Waals surface area contributed by atoms with Gasteiger partial charge in [0.05, 0.1) is 27.9 Å². The van der Waals surface area contributed by atoms with Crippen molar-refractivity contribution in [1.82, 2.24) is 9.80 Å². The van der Waals surface area contributed by atoms with Crippen LogP contribution in [0.4, 0.5) is 5.69 Å². The number of carbonyl (C=O) groups is 1. The maximum absolute atomic E-state index is 12.5. The summed E-state index contributed by atoms with van der Waals surface area (Å²) < 4.78 is 16.0. The highest BCUT2D eigenvalue weighted by Crippen LogP contribution is 2.39. The molecule has 1 N–H and O–H groups in total. The number of hydrogen-bond donors (Lipinski definition) is 1. The Hall–Kier alpha value is -1.99. The zero-order valence-corrected chi connectivity index (χ0v) is 15.9. The third kappa shape index (κ3) is 4.22. The number of ether oxygens (including phenoxy) is 3. The largest absolute Gasteiger partial charge is 0.493 e. The number of amides is 1. The van der Waals surface area contributed by atoms with Crippen LogP contribution in [0, 0.1) is 0 Å². The highest BCUT2D eigenvalue weighted by atomic mass is 16.5. The standard InChI is InChI=1S/C19H29N3O4/c1-24-16-10-14(11-17(25-2)19(16)26-3)20-18(23)13-21-9-6-15(12-21)22-7-4-5-8-22/h10-11,15H,4-9,12-13H2,1-3H3,(H,20,23). The number of nitrogens with zero attached hydrogens (tertiary/aromatic N) is 2. The van der Waals surface area contributed by atoms with Crippen LogP contribution >= 0.6 is 0 Å². The minimum Gasteiger partial charge on any atom is -0.493 e. The van der Waals surface area contributed by atoms with Gasteiger partial charge in [-0.2, -0.15) is 0 Å². The van der Waals surface area contributed by atoms with Crippen LogP contribution in [0.25, 0.3) is 0 Å². The summed E-state index contributed by atoms with van der Waals surface area (Å²) in [6.07, 6.45) is 3.76. The second-order valence-corrected chi connectivity index (χ2v) is 6.88. The van der Waals surface area contributed by atoms with E-state index in [0.717, 1.165) is 19.5 Å². The molecular weight excluding hydrogens is 334 g/mol. The number of anilines is 1. The molecule has 2 saturated heterocycles. The number of carbonyl (C=O) groups excluding carboxylic acids is 1. The van der Waals surface area contributed by atoms with E-state index >= 15 is 0 Å². The van der Waals surface area contributed by atoms with Gasteiger partial charge in [0.2, 0.25) is 11.7 Å². The van der Waals surface area contributed by atoms with Crippen LogP contribution in [-0.2, 0) is 4.79 Å². The summed E-state index contributed by atoms with van der Waals surface area (Å²) in [5.41, 5.74) is 0.639. The second-order valence-electron chi connectivity index (χ2n) is 6.88. The maximum atomic E-state index is 12.5. The predicted molar refractivity (Wildman–Crippen MR) is 100 cm³/mol. The summed E-state index contributed by atoms with van der Waals surface area (Å²) in [5, 5.41) is 2.94. The van der Waals surface area contributed by atoms with Crippen molar-refractivity contribution in [2.24, 2.45) is 0 Å². The van der Waals surface area contributed by atoms with E-state index in [-0.39, 0.29) is 5.91 Å². The molecule has 26 heavy (non-hydrogen) atoms. The van der Waals surface area contributed by atoms with Gasteiger partial charge in [0.1, 0.15) is 0 Å². The van der Waals surface area contributed by atoms with Gasteiger partial charge in [-0.25, -0.2) is 0 Å². The zero-order chi connectivity index (χ0) is 18.5. The molecule has 2 fully saturated rings. The van der Waals surface area contributed by atoms with E-state index < -0.39 is 0 Å². The van der Waals surface area contributed by atoms with Gasteiger partial charge in [0, 0.05) is 37.0 Å². The molecular formula is C19H29N3O4. The summed E-state index contributed by atoms with van der Waals surface area (Å²) in [4.78, 5) is 17.3. The first-order valence-electron chi connectivity index (χ1n) is 9.21. The van der Waals surface area contributed by atoms with Gasteiger partial charge in [-0.3, -0.25) is 14.6 Å². The van der Waals surface area contributed by atoms with Gasteiger partial charge >= 0.3 is 0 Å². The van der Waals surface area contributed by atoms with E-state index in [4.69, 9.17) is 14.2 Å². The fourth-order valence-corrected chi connectivity index (χ4v) is 3.92. The van der Waals surface area contributed by atoms with Gasteiger partial charge in [0.15, 0.2) is 11.5 Å².